The van der Waals surface area contributed by atoms with Crippen LogP contribution in [0, 0.1) is 0 Å². The van der Waals surface area contributed by atoms with Crippen LogP contribution in [0.1, 0.15) is 22.3 Å². The van der Waals surface area contributed by atoms with Crippen molar-refractivity contribution < 1.29 is 27.5 Å². The van der Waals surface area contributed by atoms with Gasteiger partial charge in [-0.05, 0) is 42.3 Å². The first-order valence-electron chi connectivity index (χ1n) is 8.39. The van der Waals surface area contributed by atoms with Crippen molar-refractivity contribution in [1.82, 2.24) is 10.6 Å². The maximum atomic E-state index is 12.4. The molecule has 9 heteroatoms. The third-order valence-electron chi connectivity index (χ3n) is 3.66. The molecule has 0 aliphatic carbocycles. The third-order valence-corrected chi connectivity index (χ3v) is 3.91. The Labute approximate surface area is 164 Å². The molecule has 0 spiro atoms. The summed E-state index contributed by atoms with van der Waals surface area (Å²) in [6, 6.07) is 12.0. The first-order valence-corrected chi connectivity index (χ1v) is 8.76. The number of carbonyl (C=O) groups is 2. The summed E-state index contributed by atoms with van der Waals surface area (Å²) in [7, 11) is 0. The van der Waals surface area contributed by atoms with Crippen LogP contribution in [0.25, 0.3) is 0 Å². The Morgan fingerprint density at radius 1 is 0.964 bits per heavy atom. The molecule has 28 heavy (non-hydrogen) atoms. The lowest BCUT2D eigenvalue weighted by molar-refractivity contribution is -0.274. The van der Waals surface area contributed by atoms with Crippen LogP contribution in [0.15, 0.2) is 48.5 Å². The van der Waals surface area contributed by atoms with E-state index in [1.165, 1.54) is 18.2 Å². The molecule has 0 radical (unpaired) electrons. The van der Waals surface area contributed by atoms with Gasteiger partial charge in [-0.3, -0.25) is 9.59 Å². The fourth-order valence-corrected chi connectivity index (χ4v) is 2.48. The molecule has 0 heterocycles. The van der Waals surface area contributed by atoms with E-state index in [9.17, 15) is 22.8 Å². The maximum Gasteiger partial charge on any atom is 0.573 e. The van der Waals surface area contributed by atoms with Gasteiger partial charge in [-0.2, -0.15) is 0 Å². The van der Waals surface area contributed by atoms with Crippen molar-refractivity contribution >= 4 is 23.4 Å². The van der Waals surface area contributed by atoms with E-state index < -0.39 is 6.36 Å². The monoisotopic (exact) mass is 414 g/mol. The quantitative estimate of drug-likeness (QED) is 0.647. The van der Waals surface area contributed by atoms with E-state index in [1.54, 1.807) is 30.3 Å². The molecular formula is C19H18ClF3N2O3. The minimum atomic E-state index is -4.79. The van der Waals surface area contributed by atoms with E-state index in [-0.39, 0.29) is 49.1 Å². The Bertz CT molecular complexity index is 811. The highest BCUT2D eigenvalue weighted by Gasteiger charge is 2.31. The van der Waals surface area contributed by atoms with Crippen molar-refractivity contribution in [2.75, 3.05) is 13.1 Å². The van der Waals surface area contributed by atoms with Crippen molar-refractivity contribution in [3.05, 3.63) is 64.7 Å². The van der Waals surface area contributed by atoms with Crippen LogP contribution in [0.2, 0.25) is 5.02 Å². The van der Waals surface area contributed by atoms with Crippen molar-refractivity contribution in [3.63, 3.8) is 0 Å². The number of hydrogen-bond donors (Lipinski definition) is 2. The van der Waals surface area contributed by atoms with E-state index >= 15 is 0 Å². The molecule has 0 aromatic heterocycles. The molecule has 2 aromatic carbocycles. The van der Waals surface area contributed by atoms with Crippen molar-refractivity contribution in [2.45, 2.75) is 19.2 Å². The van der Waals surface area contributed by atoms with E-state index in [1.807, 2.05) is 0 Å². The SMILES string of the molecule is O=C(CCc1ccccc1OC(F)(F)F)NCCNC(=O)c1ccc(Cl)cc1. The van der Waals surface area contributed by atoms with E-state index in [4.69, 9.17) is 11.6 Å². The standard InChI is InChI=1S/C19H18ClF3N2O3/c20-15-8-5-14(6-9-15)18(27)25-12-11-24-17(26)10-7-13-3-1-2-4-16(13)28-19(21,22)23/h1-6,8-9H,7,10-12H2,(H,24,26)(H,25,27). The summed E-state index contributed by atoms with van der Waals surface area (Å²) >= 11 is 5.75. The summed E-state index contributed by atoms with van der Waals surface area (Å²) in [5.41, 5.74) is 0.725. The maximum absolute atomic E-state index is 12.4. The van der Waals surface area contributed by atoms with Crippen molar-refractivity contribution in [3.8, 4) is 5.75 Å². The number of para-hydroxylation sites is 1. The molecule has 0 unspecified atom stereocenters. The summed E-state index contributed by atoms with van der Waals surface area (Å²) in [6.07, 6.45) is -4.71. The van der Waals surface area contributed by atoms with E-state index in [2.05, 4.69) is 15.4 Å². The lowest BCUT2D eigenvalue weighted by atomic mass is 10.1. The second kappa shape index (κ2) is 9.98. The van der Waals surface area contributed by atoms with Gasteiger partial charge in [0.1, 0.15) is 5.75 Å². The number of amides is 2. The molecule has 2 amide bonds. The average Bonchev–Trinajstić information content (AvgIpc) is 2.63. The zero-order valence-corrected chi connectivity index (χ0v) is 15.4. The second-order valence-corrected chi connectivity index (χ2v) is 6.20. The predicted octanol–water partition coefficient (Wildman–Crippen LogP) is 3.72. The first-order chi connectivity index (χ1) is 13.2. The molecule has 0 fully saturated rings. The number of benzene rings is 2. The third kappa shape index (κ3) is 7.48. The molecule has 0 saturated heterocycles. The van der Waals surface area contributed by atoms with Crippen LogP contribution in [0.5, 0.6) is 5.75 Å². The first kappa shape index (κ1) is 21.6. The van der Waals surface area contributed by atoms with Crippen molar-refractivity contribution in [2.24, 2.45) is 0 Å². The topological polar surface area (TPSA) is 67.4 Å². The van der Waals surface area contributed by atoms with Crippen LogP contribution in [-0.2, 0) is 11.2 Å². The number of alkyl halides is 3. The van der Waals surface area contributed by atoms with Gasteiger partial charge in [-0.1, -0.05) is 29.8 Å². The molecule has 0 aliphatic rings. The Balaban J connectivity index is 1.72. The van der Waals surface area contributed by atoms with E-state index in [0.29, 0.717) is 10.6 Å². The predicted molar refractivity (Wildman–Crippen MR) is 98.2 cm³/mol. The fraction of sp³-hybridized carbons (Fsp3) is 0.263. The lowest BCUT2D eigenvalue weighted by Crippen LogP contribution is -2.34. The van der Waals surface area contributed by atoms with Crippen molar-refractivity contribution in [1.29, 1.82) is 0 Å². The number of aryl methyl sites for hydroxylation is 1. The average molecular weight is 415 g/mol. The molecular weight excluding hydrogens is 397 g/mol. The van der Waals surface area contributed by atoms with Gasteiger partial charge >= 0.3 is 6.36 Å². The number of nitrogens with one attached hydrogen (secondary N) is 2. The Kier molecular flexibility index (Phi) is 7.69. The Morgan fingerprint density at radius 2 is 1.61 bits per heavy atom. The van der Waals surface area contributed by atoms with Gasteiger partial charge in [0, 0.05) is 30.1 Å². The van der Waals surface area contributed by atoms with Gasteiger partial charge in [-0.25, -0.2) is 0 Å². The molecule has 5 nitrogen and oxygen atoms in total. The van der Waals surface area contributed by atoms with Crippen LogP contribution < -0.4 is 15.4 Å². The number of hydrogen-bond acceptors (Lipinski definition) is 3. The van der Waals surface area contributed by atoms with Crippen LogP contribution in [0.4, 0.5) is 13.2 Å². The van der Waals surface area contributed by atoms with Gasteiger partial charge in [0.05, 0.1) is 0 Å². The highest BCUT2D eigenvalue weighted by atomic mass is 35.5. The van der Waals surface area contributed by atoms with Crippen LogP contribution >= 0.6 is 11.6 Å². The molecule has 2 aromatic rings. The largest absolute Gasteiger partial charge is 0.573 e. The van der Waals surface area contributed by atoms with Crippen LogP contribution in [-0.4, -0.2) is 31.3 Å². The van der Waals surface area contributed by atoms with Gasteiger partial charge in [-0.15, -0.1) is 13.2 Å². The summed E-state index contributed by atoms with van der Waals surface area (Å²) < 4.78 is 41.1. The number of ether oxygens (including phenoxy) is 1. The van der Waals surface area contributed by atoms with E-state index in [0.717, 1.165) is 0 Å². The number of rotatable bonds is 8. The molecule has 0 aliphatic heterocycles. The fourth-order valence-electron chi connectivity index (χ4n) is 2.35. The summed E-state index contributed by atoms with van der Waals surface area (Å²) in [4.78, 5) is 23.8. The molecule has 150 valence electrons. The molecule has 2 N–H and O–H groups in total. The number of carbonyl (C=O) groups excluding carboxylic acids is 2. The molecule has 0 atom stereocenters. The zero-order chi connectivity index (χ0) is 20.6. The summed E-state index contributed by atoms with van der Waals surface area (Å²) in [5, 5.41) is 5.76. The highest BCUT2D eigenvalue weighted by molar-refractivity contribution is 6.30. The van der Waals surface area contributed by atoms with Gasteiger partial charge < -0.3 is 15.4 Å². The lowest BCUT2D eigenvalue weighted by Gasteiger charge is -2.13. The molecule has 0 bridgehead atoms. The van der Waals surface area contributed by atoms with Gasteiger partial charge in [0.2, 0.25) is 5.91 Å². The molecule has 0 saturated carbocycles. The smallest absolute Gasteiger partial charge is 0.406 e. The minimum absolute atomic E-state index is 0.0106. The summed E-state index contributed by atoms with van der Waals surface area (Å²) in [5.74, 6) is -0.968. The number of halogens is 4. The minimum Gasteiger partial charge on any atom is -0.406 e. The highest BCUT2D eigenvalue weighted by Crippen LogP contribution is 2.26. The Hall–Kier alpha value is -2.74. The van der Waals surface area contributed by atoms with Crippen LogP contribution in [0.3, 0.4) is 0 Å². The normalized spacial score (nSPS) is 11.0. The summed E-state index contributed by atoms with van der Waals surface area (Å²) in [6.45, 7) is 0.403. The van der Waals surface area contributed by atoms with Gasteiger partial charge in [0.15, 0.2) is 0 Å². The molecule has 2 rings (SSSR count). The zero-order valence-electron chi connectivity index (χ0n) is 14.7. The van der Waals surface area contributed by atoms with Gasteiger partial charge in [0.25, 0.3) is 5.91 Å². The Morgan fingerprint density at radius 3 is 2.29 bits per heavy atom. The second-order valence-electron chi connectivity index (χ2n) is 5.77.